The number of piperidine rings is 1. The molecule has 0 aromatic carbocycles. The molecule has 2 rings (SSSR count). The second-order valence-corrected chi connectivity index (χ2v) is 3.50. The van der Waals surface area contributed by atoms with E-state index >= 15 is 0 Å². The normalized spacial score (nSPS) is 36.9. The molecule has 0 bridgehead atoms. The van der Waals surface area contributed by atoms with Crippen LogP contribution in [-0.4, -0.2) is 37.0 Å². The van der Waals surface area contributed by atoms with Gasteiger partial charge in [0.05, 0.1) is 0 Å². The first-order valence-corrected chi connectivity index (χ1v) is 4.33. The van der Waals surface area contributed by atoms with Gasteiger partial charge < -0.3 is 10.2 Å². The van der Waals surface area contributed by atoms with Gasteiger partial charge in [-0.1, -0.05) is 0 Å². The van der Waals surface area contributed by atoms with E-state index in [0.29, 0.717) is 6.04 Å². The van der Waals surface area contributed by atoms with Crippen LogP contribution in [0.15, 0.2) is 0 Å². The molecule has 0 aromatic rings. The fraction of sp³-hybridized carbons (Fsp3) is 0.875. The Kier molecular flexibility index (Phi) is 1.82. The zero-order chi connectivity index (χ0) is 7.68. The maximum Gasteiger partial charge on any atom is 0.209 e. The van der Waals surface area contributed by atoms with Crippen LogP contribution in [-0.2, 0) is 4.79 Å². The maximum absolute atomic E-state index is 10.5. The van der Waals surface area contributed by atoms with Crippen LogP contribution in [0.3, 0.4) is 0 Å². The highest BCUT2D eigenvalue weighted by Crippen LogP contribution is 2.23. The molecule has 0 saturated carbocycles. The number of carbonyl (C=O) groups excluding carboxylic acids is 1. The second-order valence-electron chi connectivity index (χ2n) is 3.50. The number of nitrogens with zero attached hydrogens (tertiary/aromatic N) is 1. The number of carbonyl (C=O) groups is 1. The van der Waals surface area contributed by atoms with Crippen LogP contribution in [0.25, 0.3) is 0 Å². The van der Waals surface area contributed by atoms with Gasteiger partial charge in [-0.2, -0.15) is 0 Å². The van der Waals surface area contributed by atoms with Crippen LogP contribution in [0.2, 0.25) is 0 Å². The lowest BCUT2D eigenvalue weighted by Crippen LogP contribution is -2.43. The lowest BCUT2D eigenvalue weighted by molar-refractivity contribution is -0.119. The quantitative estimate of drug-likeness (QED) is 0.532. The Hall–Kier alpha value is -0.570. The number of hydrogen-bond acceptors (Lipinski definition) is 2. The van der Waals surface area contributed by atoms with E-state index in [-0.39, 0.29) is 0 Å². The summed E-state index contributed by atoms with van der Waals surface area (Å²) in [4.78, 5) is 12.4. The Balaban J connectivity index is 1.96. The van der Waals surface area contributed by atoms with Gasteiger partial charge in [-0.3, -0.25) is 4.79 Å². The molecule has 0 radical (unpaired) electrons. The molecule has 3 heteroatoms. The van der Waals surface area contributed by atoms with Crippen molar-refractivity contribution in [1.29, 1.82) is 0 Å². The van der Waals surface area contributed by atoms with Gasteiger partial charge in [0.15, 0.2) is 0 Å². The third kappa shape index (κ3) is 1.25. The summed E-state index contributed by atoms with van der Waals surface area (Å²) in [5.74, 6) is 0.731. The molecule has 2 aliphatic heterocycles. The van der Waals surface area contributed by atoms with Crippen LogP contribution in [0, 0.1) is 5.92 Å². The van der Waals surface area contributed by atoms with E-state index in [9.17, 15) is 4.79 Å². The molecule has 11 heavy (non-hydrogen) atoms. The van der Waals surface area contributed by atoms with Crippen LogP contribution < -0.4 is 5.32 Å². The molecule has 0 aliphatic carbocycles. The van der Waals surface area contributed by atoms with Gasteiger partial charge in [0.25, 0.3) is 0 Å². The van der Waals surface area contributed by atoms with Crippen molar-refractivity contribution in [2.24, 2.45) is 5.92 Å². The summed E-state index contributed by atoms with van der Waals surface area (Å²) in [6, 6.07) is 0.700. The first-order chi connectivity index (χ1) is 5.40. The van der Waals surface area contributed by atoms with Gasteiger partial charge in [-0.15, -0.1) is 0 Å². The number of likely N-dealkylation sites (tertiary alicyclic amines) is 1. The molecule has 2 atom stereocenters. The average Bonchev–Trinajstić information content (AvgIpc) is 2.50. The van der Waals surface area contributed by atoms with Crippen molar-refractivity contribution in [1.82, 2.24) is 10.2 Å². The topological polar surface area (TPSA) is 32.3 Å². The Labute approximate surface area is 66.8 Å². The Morgan fingerprint density at radius 1 is 1.45 bits per heavy atom. The van der Waals surface area contributed by atoms with Crippen LogP contribution in [0.4, 0.5) is 0 Å². The van der Waals surface area contributed by atoms with Gasteiger partial charge >= 0.3 is 0 Å². The minimum Gasteiger partial charge on any atom is -0.345 e. The molecule has 1 amide bonds. The first kappa shape index (κ1) is 7.10. The predicted molar refractivity (Wildman–Crippen MR) is 42.2 cm³/mol. The lowest BCUT2D eigenvalue weighted by atomic mass is 9.94. The van der Waals surface area contributed by atoms with Crippen LogP contribution in [0.5, 0.6) is 0 Å². The van der Waals surface area contributed by atoms with Gasteiger partial charge in [0.1, 0.15) is 0 Å². The summed E-state index contributed by atoms with van der Waals surface area (Å²) in [5, 5.41) is 3.46. The van der Waals surface area contributed by atoms with Crippen molar-refractivity contribution >= 4 is 6.41 Å². The molecular weight excluding hydrogens is 140 g/mol. The summed E-state index contributed by atoms with van der Waals surface area (Å²) in [6.07, 6.45) is 3.37. The molecule has 0 aromatic heterocycles. The zero-order valence-corrected chi connectivity index (χ0v) is 6.62. The van der Waals surface area contributed by atoms with E-state index in [1.807, 2.05) is 4.90 Å². The highest BCUT2D eigenvalue weighted by molar-refractivity contribution is 5.47. The summed E-state index contributed by atoms with van der Waals surface area (Å²) < 4.78 is 0. The molecule has 62 valence electrons. The molecule has 2 aliphatic rings. The molecule has 2 saturated heterocycles. The van der Waals surface area contributed by atoms with Crippen LogP contribution >= 0.6 is 0 Å². The summed E-state index contributed by atoms with van der Waals surface area (Å²) in [6.45, 7) is 3.06. The number of fused-ring (bicyclic) bond motifs is 1. The SMILES string of the molecule is O=CN1CCC2NCCC2C1. The minimum absolute atomic E-state index is 0.700. The van der Waals surface area contributed by atoms with Crippen molar-refractivity contribution in [3.8, 4) is 0 Å². The molecule has 2 heterocycles. The smallest absolute Gasteiger partial charge is 0.209 e. The van der Waals surface area contributed by atoms with E-state index in [0.717, 1.165) is 38.4 Å². The third-order valence-corrected chi connectivity index (χ3v) is 2.84. The van der Waals surface area contributed by atoms with Crippen molar-refractivity contribution < 1.29 is 4.79 Å². The Bertz CT molecular complexity index is 160. The van der Waals surface area contributed by atoms with Crippen molar-refractivity contribution in [2.45, 2.75) is 18.9 Å². The fourth-order valence-corrected chi connectivity index (χ4v) is 2.17. The number of amides is 1. The Morgan fingerprint density at radius 3 is 3.18 bits per heavy atom. The number of nitrogens with one attached hydrogen (secondary N) is 1. The van der Waals surface area contributed by atoms with Gasteiger partial charge in [-0.25, -0.2) is 0 Å². The Morgan fingerprint density at radius 2 is 2.36 bits per heavy atom. The molecule has 2 unspecified atom stereocenters. The van der Waals surface area contributed by atoms with E-state index in [2.05, 4.69) is 5.32 Å². The van der Waals surface area contributed by atoms with Gasteiger partial charge in [0, 0.05) is 19.1 Å². The maximum atomic E-state index is 10.5. The summed E-state index contributed by atoms with van der Waals surface area (Å²) >= 11 is 0. The van der Waals surface area contributed by atoms with Gasteiger partial charge in [0.2, 0.25) is 6.41 Å². The monoisotopic (exact) mass is 154 g/mol. The largest absolute Gasteiger partial charge is 0.345 e. The molecule has 3 nitrogen and oxygen atoms in total. The molecule has 2 fully saturated rings. The molecular formula is C8H14N2O. The highest BCUT2D eigenvalue weighted by atomic mass is 16.1. The second kappa shape index (κ2) is 2.81. The number of rotatable bonds is 1. The van der Waals surface area contributed by atoms with Crippen molar-refractivity contribution in [2.75, 3.05) is 19.6 Å². The fourth-order valence-electron chi connectivity index (χ4n) is 2.17. The van der Waals surface area contributed by atoms with Crippen molar-refractivity contribution in [3.63, 3.8) is 0 Å². The van der Waals surface area contributed by atoms with Crippen LogP contribution in [0.1, 0.15) is 12.8 Å². The summed E-state index contributed by atoms with van der Waals surface area (Å²) in [5.41, 5.74) is 0. The first-order valence-electron chi connectivity index (χ1n) is 4.33. The standard InChI is InChI=1S/C8H14N2O/c11-6-10-4-2-8-7(5-10)1-3-9-8/h6-9H,1-5H2. The van der Waals surface area contributed by atoms with Crippen molar-refractivity contribution in [3.05, 3.63) is 0 Å². The summed E-state index contributed by atoms with van der Waals surface area (Å²) in [7, 11) is 0. The predicted octanol–water partition coefficient (Wildman–Crippen LogP) is -0.173. The molecule has 0 spiro atoms. The minimum atomic E-state index is 0.700. The molecule has 1 N–H and O–H groups in total. The van der Waals surface area contributed by atoms with E-state index in [1.54, 1.807) is 0 Å². The van der Waals surface area contributed by atoms with E-state index in [4.69, 9.17) is 0 Å². The third-order valence-electron chi connectivity index (χ3n) is 2.84. The lowest BCUT2D eigenvalue weighted by Gasteiger charge is -2.32. The number of hydrogen-bond donors (Lipinski definition) is 1. The highest BCUT2D eigenvalue weighted by Gasteiger charge is 2.31. The van der Waals surface area contributed by atoms with Gasteiger partial charge in [-0.05, 0) is 25.3 Å². The van der Waals surface area contributed by atoms with E-state index < -0.39 is 0 Å². The zero-order valence-electron chi connectivity index (χ0n) is 6.62. The van der Waals surface area contributed by atoms with E-state index in [1.165, 1.54) is 6.42 Å². The average molecular weight is 154 g/mol.